The van der Waals surface area contributed by atoms with Gasteiger partial charge in [0.05, 0.1) is 24.7 Å². The van der Waals surface area contributed by atoms with Gasteiger partial charge in [-0.1, -0.05) is 6.92 Å². The van der Waals surface area contributed by atoms with Gasteiger partial charge < -0.3 is 14.5 Å². The van der Waals surface area contributed by atoms with E-state index in [4.69, 9.17) is 9.47 Å². The molecule has 138 valence electrons. The molecule has 0 radical (unpaired) electrons. The first-order chi connectivity index (χ1) is 12.5. The average molecular weight is 373 g/mol. The molecule has 0 amide bonds. The molecular formula is C20H23NO4S. The lowest BCUT2D eigenvalue weighted by molar-refractivity contribution is 0.101. The summed E-state index contributed by atoms with van der Waals surface area (Å²) in [7, 11) is 0. The molecule has 3 rings (SSSR count). The summed E-state index contributed by atoms with van der Waals surface area (Å²) in [5.74, 6) is 1.75. The number of thioether (sulfide) groups is 1. The van der Waals surface area contributed by atoms with Crippen LogP contribution in [0.4, 0.5) is 0 Å². The van der Waals surface area contributed by atoms with E-state index in [0.717, 1.165) is 34.1 Å². The number of benzene rings is 1. The Kier molecular flexibility index (Phi) is 5.71. The lowest BCUT2D eigenvalue weighted by atomic mass is 10.0. The highest BCUT2D eigenvalue weighted by atomic mass is 32.2. The van der Waals surface area contributed by atoms with Crippen molar-refractivity contribution < 1.29 is 19.1 Å². The van der Waals surface area contributed by atoms with Gasteiger partial charge in [-0.2, -0.15) is 0 Å². The van der Waals surface area contributed by atoms with Crippen molar-refractivity contribution in [3.05, 3.63) is 40.7 Å². The van der Waals surface area contributed by atoms with Crippen molar-refractivity contribution >= 4 is 23.3 Å². The molecule has 2 heterocycles. The monoisotopic (exact) mass is 373 g/mol. The van der Waals surface area contributed by atoms with E-state index >= 15 is 0 Å². The van der Waals surface area contributed by atoms with Crippen molar-refractivity contribution in [3.63, 3.8) is 0 Å². The molecule has 1 aromatic carbocycles. The minimum Gasteiger partial charge on any atom is -0.490 e. The van der Waals surface area contributed by atoms with E-state index in [-0.39, 0.29) is 11.6 Å². The van der Waals surface area contributed by atoms with Crippen LogP contribution in [0.1, 0.15) is 52.4 Å². The summed E-state index contributed by atoms with van der Waals surface area (Å²) in [6.45, 7) is 6.63. The average Bonchev–Trinajstić information content (AvgIpc) is 2.80. The van der Waals surface area contributed by atoms with Crippen LogP contribution in [-0.2, 0) is 6.42 Å². The SMILES string of the molecule is CCc1c(C(=O)CSc2ccc3c(c2)OCCCO3)[nH]c(C)c1C(C)=O. The van der Waals surface area contributed by atoms with E-state index in [2.05, 4.69) is 4.98 Å². The number of hydrogen-bond acceptors (Lipinski definition) is 5. The number of fused-ring (bicyclic) bond motifs is 1. The lowest BCUT2D eigenvalue weighted by Crippen LogP contribution is -2.07. The lowest BCUT2D eigenvalue weighted by Gasteiger charge is -2.09. The van der Waals surface area contributed by atoms with Crippen LogP contribution in [-0.4, -0.2) is 35.5 Å². The first-order valence-corrected chi connectivity index (χ1v) is 9.77. The van der Waals surface area contributed by atoms with E-state index in [9.17, 15) is 9.59 Å². The second-order valence-electron chi connectivity index (χ2n) is 6.26. The van der Waals surface area contributed by atoms with Crippen molar-refractivity contribution in [2.75, 3.05) is 19.0 Å². The van der Waals surface area contributed by atoms with Gasteiger partial charge in [0.25, 0.3) is 0 Å². The van der Waals surface area contributed by atoms with E-state index in [1.165, 1.54) is 18.7 Å². The zero-order valence-corrected chi connectivity index (χ0v) is 16.1. The largest absolute Gasteiger partial charge is 0.490 e. The van der Waals surface area contributed by atoms with Crippen molar-refractivity contribution in [1.82, 2.24) is 4.98 Å². The first-order valence-electron chi connectivity index (χ1n) is 8.79. The number of aromatic amines is 1. The Hall–Kier alpha value is -2.21. The van der Waals surface area contributed by atoms with Crippen molar-refractivity contribution in [3.8, 4) is 11.5 Å². The third kappa shape index (κ3) is 3.80. The van der Waals surface area contributed by atoms with E-state index in [1.807, 2.05) is 32.0 Å². The molecule has 5 nitrogen and oxygen atoms in total. The maximum absolute atomic E-state index is 12.7. The van der Waals surface area contributed by atoms with Crippen LogP contribution < -0.4 is 9.47 Å². The Bertz CT molecular complexity index is 841. The highest BCUT2D eigenvalue weighted by Gasteiger charge is 2.21. The van der Waals surface area contributed by atoms with Crippen LogP contribution in [0.5, 0.6) is 11.5 Å². The van der Waals surface area contributed by atoms with E-state index < -0.39 is 0 Å². The number of carbonyl (C=O) groups excluding carboxylic acids is 2. The molecule has 1 aromatic heterocycles. The highest BCUT2D eigenvalue weighted by Crippen LogP contribution is 2.34. The fourth-order valence-corrected chi connectivity index (χ4v) is 4.00. The summed E-state index contributed by atoms with van der Waals surface area (Å²) >= 11 is 1.46. The number of hydrogen-bond donors (Lipinski definition) is 1. The third-order valence-electron chi connectivity index (χ3n) is 4.36. The minimum atomic E-state index is -0.00907. The van der Waals surface area contributed by atoms with Crippen LogP contribution in [0.3, 0.4) is 0 Å². The molecule has 0 fully saturated rings. The molecule has 0 aliphatic carbocycles. The standard InChI is InChI=1S/C20H23NO4S/c1-4-15-19(13(3)22)12(2)21-20(15)16(23)11-26-14-6-7-17-18(10-14)25-9-5-8-24-17/h6-7,10,21H,4-5,8-9,11H2,1-3H3. The summed E-state index contributed by atoms with van der Waals surface area (Å²) in [6, 6.07) is 5.74. The van der Waals surface area contributed by atoms with Gasteiger partial charge in [-0.3, -0.25) is 9.59 Å². The molecule has 0 saturated heterocycles. The molecule has 6 heteroatoms. The number of ether oxygens (including phenoxy) is 2. The van der Waals surface area contributed by atoms with Gasteiger partial charge in [0.2, 0.25) is 0 Å². The first kappa shape index (κ1) is 18.6. The Morgan fingerprint density at radius 3 is 2.62 bits per heavy atom. The summed E-state index contributed by atoms with van der Waals surface area (Å²) in [5, 5.41) is 0. The van der Waals surface area contributed by atoms with Crippen molar-refractivity contribution in [1.29, 1.82) is 0 Å². The van der Waals surface area contributed by atoms with Gasteiger partial charge in [-0.05, 0) is 44.0 Å². The second-order valence-corrected chi connectivity index (χ2v) is 7.31. The maximum atomic E-state index is 12.7. The Balaban J connectivity index is 1.74. The molecule has 0 unspecified atom stereocenters. The van der Waals surface area contributed by atoms with Crippen LogP contribution in [0.25, 0.3) is 0 Å². The van der Waals surface area contributed by atoms with Gasteiger partial charge in [-0.15, -0.1) is 11.8 Å². The predicted molar refractivity (Wildman–Crippen MR) is 102 cm³/mol. The Labute approximate surface area is 157 Å². The predicted octanol–water partition coefficient (Wildman–Crippen LogP) is 4.22. The second kappa shape index (κ2) is 7.99. The summed E-state index contributed by atoms with van der Waals surface area (Å²) < 4.78 is 11.3. The number of ketones is 2. The molecule has 0 spiro atoms. The van der Waals surface area contributed by atoms with E-state index in [0.29, 0.717) is 36.6 Å². The Morgan fingerprint density at radius 1 is 1.19 bits per heavy atom. The van der Waals surface area contributed by atoms with E-state index in [1.54, 1.807) is 0 Å². The number of rotatable bonds is 6. The summed E-state index contributed by atoms with van der Waals surface area (Å²) in [6.07, 6.45) is 1.51. The van der Waals surface area contributed by atoms with Gasteiger partial charge in [0.1, 0.15) is 0 Å². The summed E-state index contributed by atoms with van der Waals surface area (Å²) in [4.78, 5) is 28.6. The normalized spacial score (nSPS) is 13.3. The van der Waals surface area contributed by atoms with Crippen molar-refractivity contribution in [2.24, 2.45) is 0 Å². The number of aryl methyl sites for hydroxylation is 1. The minimum absolute atomic E-state index is 0.00504. The van der Waals surface area contributed by atoms with Crippen LogP contribution in [0.15, 0.2) is 23.1 Å². The zero-order chi connectivity index (χ0) is 18.7. The number of carbonyl (C=O) groups is 2. The molecule has 0 atom stereocenters. The zero-order valence-electron chi connectivity index (χ0n) is 15.3. The van der Waals surface area contributed by atoms with Crippen LogP contribution >= 0.6 is 11.8 Å². The maximum Gasteiger partial charge on any atom is 0.189 e. The fraction of sp³-hybridized carbons (Fsp3) is 0.400. The number of aromatic nitrogens is 1. The molecular weight excluding hydrogens is 350 g/mol. The molecule has 1 aliphatic heterocycles. The molecule has 1 aliphatic rings. The fourth-order valence-electron chi connectivity index (χ4n) is 3.20. The van der Waals surface area contributed by atoms with Crippen LogP contribution in [0.2, 0.25) is 0 Å². The van der Waals surface area contributed by atoms with Gasteiger partial charge in [0, 0.05) is 22.6 Å². The summed E-state index contributed by atoms with van der Waals surface area (Å²) in [5.41, 5.74) is 2.78. The highest BCUT2D eigenvalue weighted by molar-refractivity contribution is 8.00. The van der Waals surface area contributed by atoms with Crippen LogP contribution in [0, 0.1) is 6.92 Å². The molecule has 0 bridgehead atoms. The third-order valence-corrected chi connectivity index (χ3v) is 5.36. The van der Waals surface area contributed by atoms with Crippen molar-refractivity contribution in [2.45, 2.75) is 38.5 Å². The van der Waals surface area contributed by atoms with Gasteiger partial charge in [0.15, 0.2) is 23.1 Å². The number of Topliss-reactive ketones (excluding diaryl/α,β-unsaturated/α-hetero) is 2. The quantitative estimate of drug-likeness (QED) is 0.606. The van der Waals surface area contributed by atoms with Gasteiger partial charge in [-0.25, -0.2) is 0 Å². The van der Waals surface area contributed by atoms with Gasteiger partial charge >= 0.3 is 0 Å². The molecule has 26 heavy (non-hydrogen) atoms. The number of nitrogens with one attached hydrogen (secondary N) is 1. The number of H-pyrrole nitrogens is 1. The molecule has 1 N–H and O–H groups in total. The molecule has 0 saturated carbocycles. The molecule has 2 aromatic rings. The topological polar surface area (TPSA) is 68.4 Å². The smallest absolute Gasteiger partial charge is 0.189 e. The Morgan fingerprint density at radius 2 is 1.92 bits per heavy atom.